The number of hydrogen-bond acceptors (Lipinski definition) is 1. The highest BCUT2D eigenvalue weighted by molar-refractivity contribution is 5.78. The molecule has 0 aromatic heterocycles. The molecule has 0 spiro atoms. The molecule has 15 heavy (non-hydrogen) atoms. The molecule has 0 saturated heterocycles. The summed E-state index contributed by atoms with van der Waals surface area (Å²) < 4.78 is 0. The Bertz CT molecular complexity index is 151. The molecule has 0 saturated carbocycles. The topological polar surface area (TPSA) is 17.1 Å². The van der Waals surface area contributed by atoms with Crippen molar-refractivity contribution < 1.29 is 4.79 Å². The van der Waals surface area contributed by atoms with Crippen LogP contribution >= 0.6 is 0 Å². The van der Waals surface area contributed by atoms with Crippen molar-refractivity contribution in [2.24, 2.45) is 5.92 Å². The highest BCUT2D eigenvalue weighted by Crippen LogP contribution is 2.20. The largest absolute Gasteiger partial charge is 0.300 e. The molecule has 0 heterocycles. The van der Waals surface area contributed by atoms with Crippen molar-refractivity contribution in [3.8, 4) is 0 Å². The van der Waals surface area contributed by atoms with E-state index in [1.54, 1.807) is 0 Å². The molecule has 0 N–H and O–H groups in total. The zero-order valence-corrected chi connectivity index (χ0v) is 10.8. The lowest BCUT2D eigenvalue weighted by atomic mass is 9.90. The van der Waals surface area contributed by atoms with E-state index in [0.717, 1.165) is 19.3 Å². The number of ketones is 1. The van der Waals surface area contributed by atoms with Gasteiger partial charge in [0.05, 0.1) is 0 Å². The van der Waals surface area contributed by atoms with Crippen molar-refractivity contribution in [1.29, 1.82) is 0 Å². The average Bonchev–Trinajstić information content (AvgIpc) is 2.18. The van der Waals surface area contributed by atoms with Crippen LogP contribution in [0.2, 0.25) is 0 Å². The summed E-state index contributed by atoms with van der Waals surface area (Å²) >= 11 is 0. The lowest BCUT2D eigenvalue weighted by molar-refractivity contribution is -0.120. The fourth-order valence-electron chi connectivity index (χ4n) is 2.14. The molecule has 0 fully saturated rings. The molecule has 0 aromatic rings. The van der Waals surface area contributed by atoms with E-state index < -0.39 is 0 Å². The first-order chi connectivity index (χ1) is 7.24. The van der Waals surface area contributed by atoms with Gasteiger partial charge in [-0.05, 0) is 12.3 Å². The van der Waals surface area contributed by atoms with E-state index in [0.29, 0.717) is 11.7 Å². The Morgan fingerprint density at radius 2 is 1.67 bits per heavy atom. The van der Waals surface area contributed by atoms with Crippen LogP contribution in [0.5, 0.6) is 0 Å². The lowest BCUT2D eigenvalue weighted by Gasteiger charge is -2.14. The Labute approximate surface area is 95.6 Å². The third-order valence-electron chi connectivity index (χ3n) is 2.96. The summed E-state index contributed by atoms with van der Waals surface area (Å²) in [6.45, 7) is 6.54. The van der Waals surface area contributed by atoms with Gasteiger partial charge in [-0.1, -0.05) is 59.3 Å². The monoisotopic (exact) mass is 212 g/mol. The van der Waals surface area contributed by atoms with Gasteiger partial charge in [0.15, 0.2) is 0 Å². The van der Waals surface area contributed by atoms with Crippen molar-refractivity contribution >= 4 is 5.78 Å². The van der Waals surface area contributed by atoms with Crippen LogP contribution in [0.3, 0.4) is 0 Å². The first-order valence-corrected chi connectivity index (χ1v) is 6.76. The van der Waals surface area contributed by atoms with E-state index in [-0.39, 0.29) is 0 Å². The summed E-state index contributed by atoms with van der Waals surface area (Å²) in [4.78, 5) is 11.6. The fraction of sp³-hybridized carbons (Fsp3) is 0.929. The maximum absolute atomic E-state index is 11.6. The summed E-state index contributed by atoms with van der Waals surface area (Å²) in [5.74, 6) is 1.15. The van der Waals surface area contributed by atoms with Gasteiger partial charge in [0.1, 0.15) is 5.78 Å². The van der Waals surface area contributed by atoms with Crippen molar-refractivity contribution in [2.75, 3.05) is 0 Å². The fourth-order valence-corrected chi connectivity index (χ4v) is 2.14. The van der Waals surface area contributed by atoms with Gasteiger partial charge >= 0.3 is 0 Å². The minimum absolute atomic E-state index is 0.479. The quantitative estimate of drug-likeness (QED) is 0.478. The smallest absolute Gasteiger partial charge is 0.133 e. The van der Waals surface area contributed by atoms with Gasteiger partial charge in [-0.3, -0.25) is 4.79 Å². The Hall–Kier alpha value is -0.330. The van der Waals surface area contributed by atoms with Gasteiger partial charge in [-0.25, -0.2) is 0 Å². The number of carbonyl (C=O) groups is 1. The minimum Gasteiger partial charge on any atom is -0.300 e. The first kappa shape index (κ1) is 14.7. The van der Waals surface area contributed by atoms with E-state index in [1.807, 2.05) is 0 Å². The first-order valence-electron chi connectivity index (χ1n) is 6.76. The average molecular weight is 212 g/mol. The minimum atomic E-state index is 0.479. The van der Waals surface area contributed by atoms with Gasteiger partial charge in [0.25, 0.3) is 0 Å². The Morgan fingerprint density at radius 3 is 2.20 bits per heavy atom. The molecular formula is C14H28O. The molecule has 0 bridgehead atoms. The summed E-state index contributed by atoms with van der Waals surface area (Å²) in [5.41, 5.74) is 0. The Kier molecular flexibility index (Phi) is 9.97. The van der Waals surface area contributed by atoms with Gasteiger partial charge < -0.3 is 0 Å². The van der Waals surface area contributed by atoms with E-state index in [9.17, 15) is 4.79 Å². The Morgan fingerprint density at radius 1 is 0.933 bits per heavy atom. The van der Waals surface area contributed by atoms with Crippen LogP contribution in [-0.2, 0) is 4.79 Å². The molecule has 0 amide bonds. The van der Waals surface area contributed by atoms with E-state index in [2.05, 4.69) is 20.8 Å². The van der Waals surface area contributed by atoms with Gasteiger partial charge in [-0.15, -0.1) is 0 Å². The maximum atomic E-state index is 11.6. The van der Waals surface area contributed by atoms with Gasteiger partial charge in [0, 0.05) is 12.8 Å². The molecule has 0 rings (SSSR count). The number of hydrogen-bond donors (Lipinski definition) is 0. The van der Waals surface area contributed by atoms with Crippen LogP contribution in [-0.4, -0.2) is 5.78 Å². The molecule has 90 valence electrons. The van der Waals surface area contributed by atoms with E-state index >= 15 is 0 Å². The van der Waals surface area contributed by atoms with Crippen molar-refractivity contribution in [3.05, 3.63) is 0 Å². The zero-order valence-electron chi connectivity index (χ0n) is 10.8. The number of carbonyl (C=O) groups excluding carboxylic acids is 1. The number of unbranched alkanes of at least 4 members (excludes halogenated alkanes) is 2. The van der Waals surface area contributed by atoms with Crippen molar-refractivity contribution in [3.63, 3.8) is 0 Å². The highest BCUT2D eigenvalue weighted by Gasteiger charge is 2.11. The highest BCUT2D eigenvalue weighted by atomic mass is 16.1. The second-order valence-electron chi connectivity index (χ2n) is 4.64. The molecule has 1 heteroatoms. The Balaban J connectivity index is 3.75. The molecule has 0 aromatic carbocycles. The SMILES string of the molecule is CCCCCC(CCC)CC(=O)CCC. The van der Waals surface area contributed by atoms with Gasteiger partial charge in [0.2, 0.25) is 0 Å². The summed E-state index contributed by atoms with van der Waals surface area (Å²) in [6, 6.07) is 0. The second-order valence-corrected chi connectivity index (χ2v) is 4.64. The van der Waals surface area contributed by atoms with Crippen LogP contribution in [0.1, 0.15) is 78.6 Å². The van der Waals surface area contributed by atoms with Crippen molar-refractivity contribution in [2.45, 2.75) is 78.6 Å². The molecule has 1 nitrogen and oxygen atoms in total. The predicted octanol–water partition coefficient (Wildman–Crippen LogP) is 4.74. The van der Waals surface area contributed by atoms with Crippen LogP contribution in [0.4, 0.5) is 0 Å². The lowest BCUT2D eigenvalue weighted by Crippen LogP contribution is -2.08. The number of Topliss-reactive ketones (excluding diaryl/α,β-unsaturated/α-hetero) is 1. The zero-order chi connectivity index (χ0) is 11.5. The van der Waals surface area contributed by atoms with Crippen molar-refractivity contribution in [1.82, 2.24) is 0 Å². The third-order valence-corrected chi connectivity index (χ3v) is 2.96. The van der Waals surface area contributed by atoms with Crippen LogP contribution in [0.15, 0.2) is 0 Å². The molecule has 0 radical (unpaired) electrons. The maximum Gasteiger partial charge on any atom is 0.133 e. The summed E-state index contributed by atoms with van der Waals surface area (Å²) in [6.07, 6.45) is 10.3. The normalized spacial score (nSPS) is 12.7. The molecule has 1 unspecified atom stereocenters. The number of rotatable bonds is 10. The standard InChI is InChI=1S/C14H28O/c1-4-7-8-11-13(9-5-2)12-14(15)10-6-3/h13H,4-12H2,1-3H3. The molecular weight excluding hydrogens is 184 g/mol. The van der Waals surface area contributed by atoms with E-state index in [1.165, 1.54) is 38.5 Å². The predicted molar refractivity (Wildman–Crippen MR) is 67.1 cm³/mol. The summed E-state index contributed by atoms with van der Waals surface area (Å²) in [5, 5.41) is 0. The summed E-state index contributed by atoms with van der Waals surface area (Å²) in [7, 11) is 0. The molecule has 1 atom stereocenters. The second kappa shape index (κ2) is 10.2. The molecule has 0 aliphatic rings. The molecule has 0 aliphatic carbocycles. The van der Waals surface area contributed by atoms with Crippen LogP contribution < -0.4 is 0 Å². The van der Waals surface area contributed by atoms with Crippen LogP contribution in [0, 0.1) is 5.92 Å². The van der Waals surface area contributed by atoms with E-state index in [4.69, 9.17) is 0 Å². The molecule has 0 aliphatic heterocycles. The third kappa shape index (κ3) is 8.65. The van der Waals surface area contributed by atoms with Crippen LogP contribution in [0.25, 0.3) is 0 Å². The van der Waals surface area contributed by atoms with Gasteiger partial charge in [-0.2, -0.15) is 0 Å².